The molecule has 2 aromatic carbocycles. The average Bonchev–Trinajstić information content (AvgIpc) is 3.99. The number of benzene rings is 2. The van der Waals surface area contributed by atoms with Gasteiger partial charge in [-0.05, 0) is 58.4 Å². The Labute approximate surface area is 315 Å². The van der Waals surface area contributed by atoms with Crippen molar-refractivity contribution < 1.29 is 87.8 Å². The summed E-state index contributed by atoms with van der Waals surface area (Å²) in [6.45, 7) is 7.12. The molecule has 18 nitrogen and oxygen atoms in total. The Morgan fingerprint density at radius 1 is 0.714 bits per heavy atom. The maximum Gasteiger partial charge on any atom is 0.320 e. The molecule has 2 saturated heterocycles. The third-order valence-corrected chi connectivity index (χ3v) is 11.6. The van der Waals surface area contributed by atoms with Crippen molar-refractivity contribution in [3.05, 3.63) is 46.5 Å². The van der Waals surface area contributed by atoms with Crippen molar-refractivity contribution in [1.29, 1.82) is 0 Å². The van der Waals surface area contributed by atoms with Crippen LogP contribution in [0, 0.1) is 5.92 Å². The molecule has 294 valence electrons. The molecule has 0 spiro atoms. The van der Waals surface area contributed by atoms with Crippen molar-refractivity contribution in [3.8, 4) is 34.1 Å². The van der Waals surface area contributed by atoms with Crippen LogP contribution in [0.1, 0.15) is 58.6 Å². The SMILES string of the molecule is CC[C@@H](C(=O)O)C(=O)O[C@H]1[C@@]2(C)O[C@H]2C(=O)C2=C(O)c3c(ccc(-c4ccc5c(c4O)C(O)=C4C(=O)[C@@H]6O[C@]6(C)[C@H](OC(=O)CC(=O)O)[C@]4(C)O5)c3O)O[C@]21C. The molecule has 8 rings (SSSR count). The third kappa shape index (κ3) is 4.68. The maximum absolute atomic E-state index is 13.7. The topological polar surface area (TPSA) is 286 Å². The lowest BCUT2D eigenvalue weighted by atomic mass is 9.70. The summed E-state index contributed by atoms with van der Waals surface area (Å²) < 4.78 is 34.8. The molecule has 0 unspecified atom stereocenters. The first-order chi connectivity index (χ1) is 26.1. The highest BCUT2D eigenvalue weighted by Gasteiger charge is 2.77. The Morgan fingerprint density at radius 3 is 1.54 bits per heavy atom. The second kappa shape index (κ2) is 11.5. The molecule has 0 bridgehead atoms. The number of carboxylic acid groups (broad SMARTS) is 2. The Balaban J connectivity index is 1.20. The van der Waals surface area contributed by atoms with E-state index in [2.05, 4.69) is 0 Å². The fourth-order valence-corrected chi connectivity index (χ4v) is 8.80. The van der Waals surface area contributed by atoms with Crippen molar-refractivity contribution in [2.75, 3.05) is 0 Å². The zero-order valence-corrected chi connectivity index (χ0v) is 30.2. The number of aromatic hydroxyl groups is 2. The predicted octanol–water partition coefficient (Wildman–Crippen LogP) is 2.49. The van der Waals surface area contributed by atoms with Crippen molar-refractivity contribution >= 4 is 47.0 Å². The summed E-state index contributed by atoms with van der Waals surface area (Å²) in [4.78, 5) is 75.8. The Morgan fingerprint density at radius 2 is 1.14 bits per heavy atom. The summed E-state index contributed by atoms with van der Waals surface area (Å²) >= 11 is 0. The molecule has 0 radical (unpaired) electrons. The van der Waals surface area contributed by atoms with Crippen LogP contribution in [0.15, 0.2) is 35.4 Å². The van der Waals surface area contributed by atoms with E-state index in [1.54, 1.807) is 0 Å². The summed E-state index contributed by atoms with van der Waals surface area (Å²) in [5.74, 6) is -11.5. The second-order valence-corrected chi connectivity index (χ2v) is 15.2. The van der Waals surface area contributed by atoms with Gasteiger partial charge in [-0.25, -0.2) is 0 Å². The monoisotopic (exact) mass is 778 g/mol. The van der Waals surface area contributed by atoms with Gasteiger partial charge >= 0.3 is 23.9 Å². The molecule has 0 amide bonds. The lowest BCUT2D eigenvalue weighted by Gasteiger charge is -2.45. The number of aliphatic hydroxyl groups excluding tert-OH is 2. The molecule has 18 heteroatoms. The molecule has 2 saturated carbocycles. The number of esters is 2. The Kier molecular flexibility index (Phi) is 7.53. The van der Waals surface area contributed by atoms with Gasteiger partial charge < -0.3 is 59.1 Å². The standard InChI is InChI=1S/C38H34O18/c1-6-12(31(48)49)32(50)52-34-36(3)22(28(47)30-38(34,5)56-30)26(45)20-16(54-36)10-8-14(24(20)43)13-7-9-15-19(23(13)42)25(44)21-27(46)29-37(4,55-29)33(35(21,2)53-15)51-18(41)11-17(39)40/h7-10,12,29-30,33-34,42-45H,6,11H2,1-5H3,(H,39,40)(H,48,49)/t12-,29-,30-,33+,34+,35+,36+,37-,38-/m0/s1. The maximum atomic E-state index is 13.7. The van der Waals surface area contributed by atoms with Gasteiger partial charge in [0.25, 0.3) is 0 Å². The molecule has 56 heavy (non-hydrogen) atoms. The largest absolute Gasteiger partial charge is 0.506 e. The lowest BCUT2D eigenvalue weighted by Crippen LogP contribution is -2.62. The fourth-order valence-electron chi connectivity index (χ4n) is 8.80. The number of carbonyl (C=O) groups excluding carboxylic acids is 4. The number of aliphatic carboxylic acids is 2. The van der Waals surface area contributed by atoms with E-state index in [0.29, 0.717) is 0 Å². The second-order valence-electron chi connectivity index (χ2n) is 15.2. The number of carboxylic acids is 2. The van der Waals surface area contributed by atoms with E-state index in [4.69, 9.17) is 33.5 Å². The Hall–Kier alpha value is -6.14. The first-order valence-electron chi connectivity index (χ1n) is 17.4. The van der Waals surface area contributed by atoms with Gasteiger partial charge in [0.15, 0.2) is 53.1 Å². The molecule has 2 aromatic rings. The van der Waals surface area contributed by atoms with Crippen LogP contribution in [0.2, 0.25) is 0 Å². The average molecular weight is 779 g/mol. The smallest absolute Gasteiger partial charge is 0.320 e. The number of hydrogen-bond acceptors (Lipinski definition) is 16. The van der Waals surface area contributed by atoms with Gasteiger partial charge in [-0.15, -0.1) is 0 Å². The molecule has 9 atom stereocenters. The zero-order chi connectivity index (χ0) is 40.8. The van der Waals surface area contributed by atoms with E-state index in [-0.39, 0.29) is 29.0 Å². The first kappa shape index (κ1) is 36.8. The normalized spacial score (nSPS) is 33.5. The summed E-state index contributed by atoms with van der Waals surface area (Å²) in [6.07, 6.45) is -6.37. The van der Waals surface area contributed by atoms with Crippen molar-refractivity contribution in [2.45, 2.75) is 94.3 Å². The number of epoxide rings is 2. The number of hydrogen-bond donors (Lipinski definition) is 6. The van der Waals surface area contributed by atoms with E-state index in [9.17, 15) is 54.3 Å². The molecule has 4 aliphatic heterocycles. The first-order valence-corrected chi connectivity index (χ1v) is 17.4. The summed E-state index contributed by atoms with van der Waals surface area (Å²) in [6, 6.07) is 5.13. The number of phenols is 2. The lowest BCUT2D eigenvalue weighted by molar-refractivity contribution is -0.176. The predicted molar refractivity (Wildman–Crippen MR) is 182 cm³/mol. The van der Waals surface area contributed by atoms with Crippen LogP contribution in [-0.4, -0.2) is 113 Å². The molecule has 4 heterocycles. The van der Waals surface area contributed by atoms with Crippen LogP contribution in [-0.2, 0) is 47.7 Å². The minimum Gasteiger partial charge on any atom is -0.506 e. The van der Waals surface area contributed by atoms with Crippen molar-refractivity contribution in [2.24, 2.45) is 5.92 Å². The van der Waals surface area contributed by atoms with E-state index in [1.165, 1.54) is 58.9 Å². The minimum atomic E-state index is -1.93. The number of ketones is 2. The fraction of sp³-hybridized carbons (Fsp3) is 0.421. The summed E-state index contributed by atoms with van der Waals surface area (Å²) in [7, 11) is 0. The number of phenolic OH excluding ortho intramolecular Hbond substituents is 2. The zero-order valence-electron chi connectivity index (χ0n) is 30.2. The van der Waals surface area contributed by atoms with Crippen LogP contribution in [0.3, 0.4) is 0 Å². The number of aliphatic hydroxyl groups is 2. The number of ether oxygens (including phenoxy) is 6. The van der Waals surface area contributed by atoms with Crippen LogP contribution in [0.4, 0.5) is 0 Å². The Bertz CT molecular complexity index is 2320. The van der Waals surface area contributed by atoms with Crippen LogP contribution in [0.5, 0.6) is 23.0 Å². The highest BCUT2D eigenvalue weighted by Crippen LogP contribution is 2.61. The van der Waals surface area contributed by atoms with Crippen LogP contribution in [0.25, 0.3) is 22.6 Å². The summed E-state index contributed by atoms with van der Waals surface area (Å²) in [5, 5.41) is 65.4. The highest BCUT2D eigenvalue weighted by atomic mass is 16.7. The van der Waals surface area contributed by atoms with Crippen molar-refractivity contribution in [1.82, 2.24) is 0 Å². The molecular formula is C38H34O18. The number of Topliss-reactive ketones (excluding diaryl/α,β-unsaturated/α-hetero) is 2. The van der Waals surface area contributed by atoms with Crippen LogP contribution < -0.4 is 9.47 Å². The number of rotatable bonds is 8. The molecule has 6 aliphatic rings. The van der Waals surface area contributed by atoms with E-state index in [1.807, 2.05) is 0 Å². The number of fused-ring (bicyclic) bond motifs is 6. The molecular weight excluding hydrogens is 744 g/mol. The van der Waals surface area contributed by atoms with Gasteiger partial charge in [-0.3, -0.25) is 28.8 Å². The number of carbonyl (C=O) groups is 6. The minimum absolute atomic E-state index is 0.100. The van der Waals surface area contributed by atoms with Gasteiger partial charge in [0.1, 0.15) is 63.3 Å². The van der Waals surface area contributed by atoms with Gasteiger partial charge in [0.2, 0.25) is 0 Å². The molecule has 0 aromatic heterocycles. The highest BCUT2D eigenvalue weighted by molar-refractivity contribution is 6.12. The van der Waals surface area contributed by atoms with Crippen molar-refractivity contribution in [3.63, 3.8) is 0 Å². The van der Waals surface area contributed by atoms with E-state index < -0.39 is 140 Å². The van der Waals surface area contributed by atoms with Gasteiger partial charge in [0.05, 0.1) is 11.1 Å². The van der Waals surface area contributed by atoms with Crippen LogP contribution >= 0.6 is 0 Å². The molecule has 4 fully saturated rings. The quantitative estimate of drug-likeness (QED) is 0.127. The molecule has 2 aliphatic carbocycles. The van der Waals surface area contributed by atoms with E-state index >= 15 is 0 Å². The molecule has 6 N–H and O–H groups in total. The van der Waals surface area contributed by atoms with Gasteiger partial charge in [0, 0.05) is 11.1 Å². The van der Waals surface area contributed by atoms with Gasteiger partial charge in [-0.2, -0.15) is 0 Å². The van der Waals surface area contributed by atoms with E-state index in [0.717, 1.165) is 0 Å². The summed E-state index contributed by atoms with van der Waals surface area (Å²) in [5.41, 5.74) is -8.66. The van der Waals surface area contributed by atoms with Gasteiger partial charge in [-0.1, -0.05) is 6.92 Å². The third-order valence-electron chi connectivity index (χ3n) is 11.6.